The standard InChI is InChI=1S/C20H18N4O5/c25-19(11-12-21-16-4-1-2-5-17(16)24(27)28)22-14-7-9-15(10-8-14)23-20(26)18-6-3-13-29-18/h1-10,13,21H,11-12H2,(H,22,25)(H,23,26). The van der Waals surface area contributed by atoms with Crippen LogP contribution in [0.25, 0.3) is 0 Å². The lowest BCUT2D eigenvalue weighted by molar-refractivity contribution is -0.384. The van der Waals surface area contributed by atoms with Crippen molar-refractivity contribution < 1.29 is 18.9 Å². The third-order valence-electron chi connectivity index (χ3n) is 3.94. The maximum atomic E-state index is 12.1. The van der Waals surface area contributed by atoms with Crippen molar-refractivity contribution in [1.82, 2.24) is 0 Å². The number of amides is 2. The van der Waals surface area contributed by atoms with Gasteiger partial charge in [-0.2, -0.15) is 0 Å². The Hall–Kier alpha value is -4.14. The molecule has 9 heteroatoms. The fourth-order valence-corrected chi connectivity index (χ4v) is 2.55. The van der Waals surface area contributed by atoms with E-state index in [1.165, 1.54) is 12.3 Å². The number of anilines is 3. The molecule has 0 unspecified atom stereocenters. The Balaban J connectivity index is 1.47. The van der Waals surface area contributed by atoms with Crippen LogP contribution >= 0.6 is 0 Å². The van der Waals surface area contributed by atoms with E-state index < -0.39 is 4.92 Å². The molecule has 2 amide bonds. The number of nitro groups is 1. The number of hydrogen-bond acceptors (Lipinski definition) is 6. The average molecular weight is 394 g/mol. The minimum Gasteiger partial charge on any atom is -0.459 e. The van der Waals surface area contributed by atoms with Gasteiger partial charge >= 0.3 is 0 Å². The first kappa shape index (κ1) is 19.6. The van der Waals surface area contributed by atoms with Crippen molar-refractivity contribution in [3.63, 3.8) is 0 Å². The summed E-state index contributed by atoms with van der Waals surface area (Å²) in [5.74, 6) is -0.412. The van der Waals surface area contributed by atoms with Crippen LogP contribution in [0, 0.1) is 10.1 Å². The molecule has 0 aliphatic heterocycles. The molecular weight excluding hydrogens is 376 g/mol. The number of nitrogens with zero attached hydrogens (tertiary/aromatic N) is 1. The molecule has 3 aromatic rings. The Morgan fingerprint density at radius 2 is 1.62 bits per heavy atom. The van der Waals surface area contributed by atoms with Crippen molar-refractivity contribution in [3.05, 3.63) is 82.8 Å². The fourth-order valence-electron chi connectivity index (χ4n) is 2.55. The smallest absolute Gasteiger partial charge is 0.292 e. The van der Waals surface area contributed by atoms with Gasteiger partial charge in [0.05, 0.1) is 11.2 Å². The summed E-state index contributed by atoms with van der Waals surface area (Å²) in [6.45, 7) is 0.244. The average Bonchev–Trinajstić information content (AvgIpc) is 3.25. The first-order valence-corrected chi connectivity index (χ1v) is 8.75. The molecule has 9 nitrogen and oxygen atoms in total. The molecule has 0 saturated heterocycles. The van der Waals surface area contributed by atoms with Crippen LogP contribution in [-0.2, 0) is 4.79 Å². The molecule has 0 atom stereocenters. The second kappa shape index (κ2) is 9.18. The monoisotopic (exact) mass is 394 g/mol. The minimum atomic E-state index is -0.478. The van der Waals surface area contributed by atoms with Crippen molar-refractivity contribution in [2.24, 2.45) is 0 Å². The topological polar surface area (TPSA) is 127 Å². The fraction of sp³-hybridized carbons (Fsp3) is 0.100. The van der Waals surface area contributed by atoms with Gasteiger partial charge in [0, 0.05) is 30.4 Å². The predicted molar refractivity (Wildman–Crippen MR) is 108 cm³/mol. The highest BCUT2D eigenvalue weighted by atomic mass is 16.6. The predicted octanol–water partition coefficient (Wildman–Crippen LogP) is 3.88. The molecule has 1 heterocycles. The van der Waals surface area contributed by atoms with Crippen LogP contribution in [0.2, 0.25) is 0 Å². The number of para-hydroxylation sites is 2. The lowest BCUT2D eigenvalue weighted by atomic mass is 10.2. The van der Waals surface area contributed by atoms with E-state index in [2.05, 4.69) is 16.0 Å². The Kier molecular flexibility index (Phi) is 6.21. The van der Waals surface area contributed by atoms with Gasteiger partial charge in [-0.15, -0.1) is 0 Å². The number of benzene rings is 2. The largest absolute Gasteiger partial charge is 0.459 e. The molecule has 0 fully saturated rings. The molecule has 3 rings (SSSR count). The van der Waals surface area contributed by atoms with E-state index in [0.29, 0.717) is 17.1 Å². The number of carbonyl (C=O) groups is 2. The third kappa shape index (κ3) is 5.42. The highest BCUT2D eigenvalue weighted by molar-refractivity contribution is 6.02. The maximum Gasteiger partial charge on any atom is 0.292 e. The Labute approximate surface area is 165 Å². The molecule has 0 bridgehead atoms. The summed E-state index contributed by atoms with van der Waals surface area (Å²) in [7, 11) is 0. The first-order valence-electron chi connectivity index (χ1n) is 8.75. The molecule has 148 valence electrons. The molecule has 0 aliphatic rings. The van der Waals surface area contributed by atoms with Gasteiger partial charge in [-0.25, -0.2) is 0 Å². The van der Waals surface area contributed by atoms with Gasteiger partial charge < -0.3 is 20.4 Å². The Morgan fingerprint density at radius 3 is 2.28 bits per heavy atom. The Morgan fingerprint density at radius 1 is 0.931 bits per heavy atom. The number of nitrogens with one attached hydrogen (secondary N) is 3. The van der Waals surface area contributed by atoms with Crippen LogP contribution in [0.3, 0.4) is 0 Å². The van der Waals surface area contributed by atoms with E-state index in [-0.39, 0.29) is 36.2 Å². The number of carbonyl (C=O) groups excluding carboxylic acids is 2. The van der Waals surface area contributed by atoms with Crippen molar-refractivity contribution in [3.8, 4) is 0 Å². The van der Waals surface area contributed by atoms with E-state index in [1.807, 2.05) is 0 Å². The second-order valence-electron chi connectivity index (χ2n) is 6.01. The lowest BCUT2D eigenvalue weighted by Crippen LogP contribution is -2.16. The van der Waals surface area contributed by atoms with E-state index in [1.54, 1.807) is 54.6 Å². The van der Waals surface area contributed by atoms with Crippen LogP contribution in [-0.4, -0.2) is 23.3 Å². The van der Waals surface area contributed by atoms with Crippen LogP contribution in [0.1, 0.15) is 17.0 Å². The van der Waals surface area contributed by atoms with Crippen molar-refractivity contribution in [1.29, 1.82) is 0 Å². The Bertz CT molecular complexity index is 1000. The van der Waals surface area contributed by atoms with Crippen molar-refractivity contribution in [2.45, 2.75) is 6.42 Å². The zero-order chi connectivity index (χ0) is 20.6. The highest BCUT2D eigenvalue weighted by Gasteiger charge is 2.12. The quantitative estimate of drug-likeness (QED) is 0.393. The summed E-state index contributed by atoms with van der Waals surface area (Å²) < 4.78 is 5.02. The maximum absolute atomic E-state index is 12.1. The number of nitro benzene ring substituents is 1. The van der Waals surface area contributed by atoms with Crippen LogP contribution < -0.4 is 16.0 Å². The van der Waals surface area contributed by atoms with E-state index in [0.717, 1.165) is 0 Å². The summed E-state index contributed by atoms with van der Waals surface area (Å²) in [5, 5.41) is 19.3. The molecule has 3 N–H and O–H groups in total. The van der Waals surface area contributed by atoms with Crippen molar-refractivity contribution in [2.75, 3.05) is 22.5 Å². The molecule has 29 heavy (non-hydrogen) atoms. The number of hydrogen-bond donors (Lipinski definition) is 3. The van der Waals surface area contributed by atoms with Gasteiger partial charge in [-0.1, -0.05) is 12.1 Å². The van der Waals surface area contributed by atoms with E-state index >= 15 is 0 Å². The highest BCUT2D eigenvalue weighted by Crippen LogP contribution is 2.23. The van der Waals surface area contributed by atoms with E-state index in [4.69, 9.17) is 4.42 Å². The molecular formula is C20H18N4O5. The third-order valence-corrected chi connectivity index (χ3v) is 3.94. The van der Waals surface area contributed by atoms with Gasteiger partial charge in [-0.3, -0.25) is 19.7 Å². The van der Waals surface area contributed by atoms with E-state index in [9.17, 15) is 19.7 Å². The van der Waals surface area contributed by atoms with Gasteiger partial charge in [0.15, 0.2) is 5.76 Å². The molecule has 1 aromatic heterocycles. The zero-order valence-electron chi connectivity index (χ0n) is 15.3. The van der Waals surface area contributed by atoms with Crippen LogP contribution in [0.15, 0.2) is 71.3 Å². The summed E-state index contributed by atoms with van der Waals surface area (Å²) in [6.07, 6.45) is 1.54. The van der Waals surface area contributed by atoms with Crippen molar-refractivity contribution >= 4 is 34.6 Å². The summed E-state index contributed by atoms with van der Waals surface area (Å²) in [4.78, 5) is 34.5. The van der Waals surface area contributed by atoms with Gasteiger partial charge in [0.2, 0.25) is 5.91 Å². The van der Waals surface area contributed by atoms with Crippen LogP contribution in [0.5, 0.6) is 0 Å². The normalized spacial score (nSPS) is 10.2. The minimum absolute atomic E-state index is 0.0416. The second-order valence-corrected chi connectivity index (χ2v) is 6.01. The van der Waals surface area contributed by atoms with Gasteiger partial charge in [-0.05, 0) is 42.5 Å². The van der Waals surface area contributed by atoms with Crippen LogP contribution in [0.4, 0.5) is 22.7 Å². The summed E-state index contributed by atoms with van der Waals surface area (Å²) >= 11 is 0. The number of furan rings is 1. The number of rotatable bonds is 8. The summed E-state index contributed by atoms with van der Waals surface area (Å²) in [5.41, 5.74) is 1.45. The lowest BCUT2D eigenvalue weighted by Gasteiger charge is -2.09. The first-order chi connectivity index (χ1) is 14.0. The van der Waals surface area contributed by atoms with Gasteiger partial charge in [0.1, 0.15) is 5.69 Å². The molecule has 0 saturated carbocycles. The van der Waals surface area contributed by atoms with Gasteiger partial charge in [0.25, 0.3) is 11.6 Å². The zero-order valence-corrected chi connectivity index (χ0v) is 15.3. The molecule has 2 aromatic carbocycles. The molecule has 0 radical (unpaired) electrons. The summed E-state index contributed by atoms with van der Waals surface area (Å²) in [6, 6.07) is 16.1. The SMILES string of the molecule is O=C(CCNc1ccccc1[N+](=O)[O-])Nc1ccc(NC(=O)c2ccco2)cc1. The molecule has 0 spiro atoms. The molecule has 0 aliphatic carbocycles.